The summed E-state index contributed by atoms with van der Waals surface area (Å²) in [5.74, 6) is 0.542. The summed E-state index contributed by atoms with van der Waals surface area (Å²) in [7, 11) is 0. The highest BCUT2D eigenvalue weighted by atomic mass is 32.2. The first kappa shape index (κ1) is 19.6. The van der Waals surface area contributed by atoms with E-state index in [1.807, 2.05) is 37.4 Å². The Hall–Kier alpha value is -1.74. The van der Waals surface area contributed by atoms with Crippen molar-refractivity contribution < 1.29 is 13.2 Å². The summed E-state index contributed by atoms with van der Waals surface area (Å²) in [6.07, 6.45) is -2.39. The van der Waals surface area contributed by atoms with Crippen LogP contribution in [0.5, 0.6) is 0 Å². The van der Waals surface area contributed by atoms with Crippen molar-refractivity contribution in [3.8, 4) is 0 Å². The van der Waals surface area contributed by atoms with Gasteiger partial charge in [0, 0.05) is 16.8 Å². The molecule has 136 valence electrons. The van der Waals surface area contributed by atoms with Gasteiger partial charge in [-0.15, -0.1) is 23.1 Å². The fourth-order valence-electron chi connectivity index (χ4n) is 1.92. The zero-order valence-electron chi connectivity index (χ0n) is 13.9. The van der Waals surface area contributed by atoms with Crippen LogP contribution in [0.25, 0.3) is 0 Å². The lowest BCUT2D eigenvalue weighted by atomic mass is 10.2. The van der Waals surface area contributed by atoms with Crippen LogP contribution in [0.2, 0.25) is 0 Å². The Morgan fingerprint density at radius 3 is 2.52 bits per heavy atom. The monoisotopic (exact) mass is 388 g/mol. The average Bonchev–Trinajstić information content (AvgIpc) is 3.07. The number of alkyl halides is 3. The number of rotatable bonds is 6. The van der Waals surface area contributed by atoms with Crippen LogP contribution in [0.3, 0.4) is 0 Å². The van der Waals surface area contributed by atoms with Gasteiger partial charge in [-0.1, -0.05) is 12.1 Å². The standard InChI is InChI=1S/C16H19F3N4S2/c1-3-20-15(21-8-11-4-6-12(24-2)7-5-11)22-9-14-23-13(10-25-14)16(17,18)19/h4-7,10H,3,8-9H2,1-2H3,(H2,20,21,22). The number of guanidine groups is 1. The van der Waals surface area contributed by atoms with Crippen LogP contribution in [0.15, 0.2) is 39.5 Å². The van der Waals surface area contributed by atoms with Gasteiger partial charge in [0.1, 0.15) is 5.01 Å². The Morgan fingerprint density at radius 1 is 1.24 bits per heavy atom. The molecule has 0 fully saturated rings. The van der Waals surface area contributed by atoms with E-state index >= 15 is 0 Å². The van der Waals surface area contributed by atoms with Gasteiger partial charge in [0.2, 0.25) is 0 Å². The lowest BCUT2D eigenvalue weighted by Gasteiger charge is -2.10. The van der Waals surface area contributed by atoms with Gasteiger partial charge in [-0.2, -0.15) is 13.2 Å². The van der Waals surface area contributed by atoms with E-state index in [9.17, 15) is 13.2 Å². The van der Waals surface area contributed by atoms with Crippen molar-refractivity contribution in [2.24, 2.45) is 4.99 Å². The van der Waals surface area contributed by atoms with Crippen molar-refractivity contribution in [1.29, 1.82) is 0 Å². The van der Waals surface area contributed by atoms with Gasteiger partial charge in [-0.25, -0.2) is 9.98 Å². The van der Waals surface area contributed by atoms with E-state index in [1.165, 1.54) is 4.90 Å². The molecular formula is C16H19F3N4S2. The first-order valence-corrected chi connectivity index (χ1v) is 9.69. The Balaban J connectivity index is 1.96. The second-order valence-electron chi connectivity index (χ2n) is 5.02. The molecule has 0 aliphatic rings. The maximum absolute atomic E-state index is 12.6. The Bertz CT molecular complexity index is 696. The molecule has 0 amide bonds. The summed E-state index contributed by atoms with van der Waals surface area (Å²) < 4.78 is 37.7. The number of halogens is 3. The molecule has 2 N–H and O–H groups in total. The molecule has 0 aliphatic carbocycles. The normalized spacial score (nSPS) is 12.3. The zero-order chi connectivity index (χ0) is 18.3. The third kappa shape index (κ3) is 6.24. The minimum atomic E-state index is -4.41. The van der Waals surface area contributed by atoms with Crippen LogP contribution >= 0.6 is 23.1 Å². The van der Waals surface area contributed by atoms with Gasteiger partial charge < -0.3 is 10.6 Å². The van der Waals surface area contributed by atoms with Gasteiger partial charge in [-0.3, -0.25) is 0 Å². The molecular weight excluding hydrogens is 369 g/mol. The number of aliphatic imine (C=N–C) groups is 1. The van der Waals surface area contributed by atoms with Crippen LogP contribution in [0.1, 0.15) is 23.2 Å². The van der Waals surface area contributed by atoms with Gasteiger partial charge in [0.25, 0.3) is 0 Å². The highest BCUT2D eigenvalue weighted by Gasteiger charge is 2.33. The lowest BCUT2D eigenvalue weighted by Crippen LogP contribution is -2.36. The maximum Gasteiger partial charge on any atom is 0.434 e. The molecule has 0 saturated heterocycles. The molecule has 1 aromatic heterocycles. The van der Waals surface area contributed by atoms with Crippen LogP contribution in [0.4, 0.5) is 13.2 Å². The number of thioether (sulfide) groups is 1. The summed E-state index contributed by atoms with van der Waals surface area (Å²) >= 11 is 2.65. The van der Waals surface area contributed by atoms with E-state index in [4.69, 9.17) is 0 Å². The minimum absolute atomic E-state index is 0.192. The highest BCUT2D eigenvalue weighted by Crippen LogP contribution is 2.29. The molecule has 25 heavy (non-hydrogen) atoms. The minimum Gasteiger partial charge on any atom is -0.357 e. The molecule has 9 heteroatoms. The van der Waals surface area contributed by atoms with Crippen molar-refractivity contribution in [3.05, 3.63) is 45.9 Å². The van der Waals surface area contributed by atoms with Crippen LogP contribution in [-0.4, -0.2) is 23.7 Å². The first-order valence-electron chi connectivity index (χ1n) is 7.59. The number of thiazole rings is 1. The molecule has 0 radical (unpaired) electrons. The predicted molar refractivity (Wildman–Crippen MR) is 97.0 cm³/mol. The third-order valence-corrected chi connectivity index (χ3v) is 4.76. The summed E-state index contributed by atoms with van der Waals surface area (Å²) in [6.45, 7) is 3.26. The van der Waals surface area contributed by atoms with Crippen molar-refractivity contribution in [3.63, 3.8) is 0 Å². The molecule has 0 bridgehead atoms. The van der Waals surface area contributed by atoms with E-state index in [1.54, 1.807) is 11.8 Å². The molecule has 4 nitrogen and oxygen atoms in total. The fraction of sp³-hybridized carbons (Fsp3) is 0.375. The van der Waals surface area contributed by atoms with Gasteiger partial charge >= 0.3 is 6.18 Å². The molecule has 1 heterocycles. The lowest BCUT2D eigenvalue weighted by molar-refractivity contribution is -0.140. The number of nitrogens with one attached hydrogen (secondary N) is 2. The van der Waals surface area contributed by atoms with E-state index < -0.39 is 11.9 Å². The first-order chi connectivity index (χ1) is 11.9. The summed E-state index contributed by atoms with van der Waals surface area (Å²) in [5.41, 5.74) is 0.203. The Morgan fingerprint density at radius 2 is 1.96 bits per heavy atom. The maximum atomic E-state index is 12.6. The van der Waals surface area contributed by atoms with Gasteiger partial charge in [0.05, 0.1) is 13.1 Å². The smallest absolute Gasteiger partial charge is 0.357 e. The molecule has 0 unspecified atom stereocenters. The van der Waals surface area contributed by atoms with Crippen molar-refractivity contribution in [2.75, 3.05) is 12.8 Å². The largest absolute Gasteiger partial charge is 0.434 e. The molecule has 0 saturated carbocycles. The SMILES string of the molecule is CCNC(=NCc1ccc(SC)cc1)NCc1nc(C(F)(F)F)cs1. The predicted octanol–water partition coefficient (Wildman–Crippen LogP) is 4.14. The average molecular weight is 388 g/mol. The van der Waals surface area contributed by atoms with E-state index in [-0.39, 0.29) is 6.54 Å². The molecule has 2 aromatic rings. The second kappa shape index (κ2) is 9.10. The number of hydrogen-bond acceptors (Lipinski definition) is 4. The Kier molecular flexibility index (Phi) is 7.12. The van der Waals surface area contributed by atoms with Crippen molar-refractivity contribution in [1.82, 2.24) is 15.6 Å². The molecule has 1 aromatic carbocycles. The van der Waals surface area contributed by atoms with Crippen LogP contribution < -0.4 is 10.6 Å². The second-order valence-corrected chi connectivity index (χ2v) is 6.84. The molecule has 0 aliphatic heterocycles. The fourth-order valence-corrected chi connectivity index (χ4v) is 3.07. The molecule has 0 spiro atoms. The summed E-state index contributed by atoms with van der Waals surface area (Å²) in [5, 5.41) is 7.47. The number of benzene rings is 1. The topological polar surface area (TPSA) is 49.3 Å². The summed E-state index contributed by atoms with van der Waals surface area (Å²) in [6, 6.07) is 8.08. The zero-order valence-corrected chi connectivity index (χ0v) is 15.5. The summed E-state index contributed by atoms with van der Waals surface area (Å²) in [4.78, 5) is 9.23. The van der Waals surface area contributed by atoms with Gasteiger partial charge in [0.15, 0.2) is 11.7 Å². The quantitative estimate of drug-likeness (QED) is 0.444. The van der Waals surface area contributed by atoms with Crippen molar-refractivity contribution in [2.45, 2.75) is 31.1 Å². The van der Waals surface area contributed by atoms with Crippen LogP contribution in [-0.2, 0) is 19.3 Å². The number of aromatic nitrogens is 1. The van der Waals surface area contributed by atoms with Crippen molar-refractivity contribution >= 4 is 29.1 Å². The number of hydrogen-bond donors (Lipinski definition) is 2. The highest BCUT2D eigenvalue weighted by molar-refractivity contribution is 7.98. The number of nitrogens with zero attached hydrogens (tertiary/aromatic N) is 2. The van der Waals surface area contributed by atoms with E-state index in [0.717, 1.165) is 22.3 Å². The molecule has 2 rings (SSSR count). The van der Waals surface area contributed by atoms with E-state index in [2.05, 4.69) is 20.6 Å². The Labute approximate surface area is 153 Å². The third-order valence-electron chi connectivity index (χ3n) is 3.17. The van der Waals surface area contributed by atoms with Crippen LogP contribution in [0, 0.1) is 0 Å². The van der Waals surface area contributed by atoms with Gasteiger partial charge in [-0.05, 0) is 30.9 Å². The van der Waals surface area contributed by atoms with E-state index in [0.29, 0.717) is 24.1 Å². The molecule has 0 atom stereocenters.